The monoisotopic (exact) mass is 269 g/mol. The van der Waals surface area contributed by atoms with Crippen LogP contribution in [0.1, 0.15) is 48.2 Å². The largest absolute Gasteiger partial charge is 0.389 e. The molecule has 1 fully saturated rings. The van der Waals surface area contributed by atoms with Crippen LogP contribution < -0.4 is 5.73 Å². The fourth-order valence-corrected chi connectivity index (χ4v) is 3.49. The summed E-state index contributed by atoms with van der Waals surface area (Å²) in [5.74, 6) is 0.384. The lowest BCUT2D eigenvalue weighted by Crippen LogP contribution is -2.18. The highest BCUT2D eigenvalue weighted by Crippen LogP contribution is 2.26. The summed E-state index contributed by atoms with van der Waals surface area (Å²) in [7, 11) is 0. The molecule has 2 N–H and O–H groups in total. The molecular formula is C12H19N3S2. The highest BCUT2D eigenvalue weighted by Gasteiger charge is 2.19. The Balaban J connectivity index is 2.17. The van der Waals surface area contributed by atoms with E-state index >= 15 is 0 Å². The molecule has 5 heteroatoms. The molecule has 17 heavy (non-hydrogen) atoms. The Morgan fingerprint density at radius 1 is 1.47 bits per heavy atom. The maximum atomic E-state index is 5.76. The maximum Gasteiger partial charge on any atom is 0.116 e. The molecule has 1 aromatic heterocycles. The first kappa shape index (κ1) is 12.9. The molecule has 1 aliphatic heterocycles. The van der Waals surface area contributed by atoms with E-state index in [0.29, 0.717) is 10.9 Å². The van der Waals surface area contributed by atoms with Crippen molar-refractivity contribution in [3.8, 4) is 0 Å². The van der Waals surface area contributed by atoms with Gasteiger partial charge in [0.15, 0.2) is 0 Å². The lowest BCUT2D eigenvalue weighted by molar-refractivity contribution is 0.330. The zero-order chi connectivity index (χ0) is 12.4. The summed E-state index contributed by atoms with van der Waals surface area (Å²) in [4.78, 5) is 8.64. The Morgan fingerprint density at radius 2 is 2.12 bits per heavy atom. The van der Waals surface area contributed by atoms with E-state index in [-0.39, 0.29) is 0 Å². The third kappa shape index (κ3) is 3.03. The summed E-state index contributed by atoms with van der Waals surface area (Å²) in [6, 6.07) is 0. The second-order valence-corrected chi connectivity index (χ2v) is 6.35. The average molecular weight is 269 g/mol. The van der Waals surface area contributed by atoms with Gasteiger partial charge in [0.1, 0.15) is 10.00 Å². The van der Waals surface area contributed by atoms with Crippen LogP contribution in [-0.2, 0) is 6.54 Å². The van der Waals surface area contributed by atoms with Crippen LogP contribution in [0.5, 0.6) is 0 Å². The van der Waals surface area contributed by atoms with E-state index in [4.69, 9.17) is 22.9 Å². The molecule has 0 bridgehead atoms. The van der Waals surface area contributed by atoms with Crippen molar-refractivity contribution in [3.05, 3.63) is 15.6 Å². The summed E-state index contributed by atoms with van der Waals surface area (Å²) in [6.07, 6.45) is 2.62. The second kappa shape index (κ2) is 5.42. The van der Waals surface area contributed by atoms with Crippen molar-refractivity contribution < 1.29 is 0 Å². The third-order valence-electron chi connectivity index (χ3n) is 3.03. The molecule has 0 radical (unpaired) electrons. The molecule has 1 saturated heterocycles. The van der Waals surface area contributed by atoms with Crippen LogP contribution in [0.3, 0.4) is 0 Å². The molecule has 1 aliphatic rings. The van der Waals surface area contributed by atoms with Gasteiger partial charge in [-0.2, -0.15) is 0 Å². The predicted octanol–water partition coefficient (Wildman–Crippen LogP) is 2.50. The molecule has 0 amide bonds. The molecule has 0 saturated carbocycles. The van der Waals surface area contributed by atoms with Gasteiger partial charge in [0.05, 0.1) is 17.1 Å². The van der Waals surface area contributed by atoms with Crippen molar-refractivity contribution in [1.82, 2.24) is 9.88 Å². The van der Waals surface area contributed by atoms with E-state index < -0.39 is 0 Å². The van der Waals surface area contributed by atoms with Crippen LogP contribution in [0, 0.1) is 0 Å². The van der Waals surface area contributed by atoms with Crippen molar-refractivity contribution in [1.29, 1.82) is 0 Å². The van der Waals surface area contributed by atoms with Crippen molar-refractivity contribution in [2.75, 3.05) is 13.1 Å². The zero-order valence-electron chi connectivity index (χ0n) is 10.4. The molecule has 0 aromatic carbocycles. The lowest BCUT2D eigenvalue weighted by Gasteiger charge is -2.11. The summed E-state index contributed by atoms with van der Waals surface area (Å²) in [6.45, 7) is 7.61. The maximum absolute atomic E-state index is 5.76. The van der Waals surface area contributed by atoms with E-state index in [1.807, 2.05) is 0 Å². The molecule has 3 nitrogen and oxygen atoms in total. The minimum absolute atomic E-state index is 0.384. The molecule has 2 heterocycles. The van der Waals surface area contributed by atoms with Gasteiger partial charge in [-0.1, -0.05) is 26.1 Å². The van der Waals surface area contributed by atoms with Gasteiger partial charge >= 0.3 is 0 Å². The van der Waals surface area contributed by atoms with E-state index in [0.717, 1.165) is 22.1 Å². The normalized spacial score (nSPS) is 16.9. The van der Waals surface area contributed by atoms with Gasteiger partial charge in [-0.3, -0.25) is 4.90 Å². The van der Waals surface area contributed by atoms with E-state index in [9.17, 15) is 0 Å². The van der Waals surface area contributed by atoms with Crippen LogP contribution in [0.25, 0.3) is 0 Å². The summed E-state index contributed by atoms with van der Waals surface area (Å²) >= 11 is 6.76. The number of nitrogens with zero attached hydrogens (tertiary/aromatic N) is 2. The van der Waals surface area contributed by atoms with Crippen molar-refractivity contribution >= 4 is 28.5 Å². The van der Waals surface area contributed by atoms with Crippen LogP contribution >= 0.6 is 23.6 Å². The van der Waals surface area contributed by atoms with Crippen molar-refractivity contribution in [2.45, 2.75) is 39.2 Å². The number of hydrogen-bond acceptors (Lipinski definition) is 4. The van der Waals surface area contributed by atoms with Crippen LogP contribution in [0.2, 0.25) is 0 Å². The molecule has 94 valence electrons. The summed E-state index contributed by atoms with van der Waals surface area (Å²) in [5.41, 5.74) is 6.83. The number of hydrogen-bond donors (Lipinski definition) is 1. The fraction of sp³-hybridized carbons (Fsp3) is 0.667. The van der Waals surface area contributed by atoms with Crippen LogP contribution in [0.15, 0.2) is 0 Å². The quantitative estimate of drug-likeness (QED) is 0.853. The smallest absolute Gasteiger partial charge is 0.116 e. The first-order valence-corrected chi connectivity index (χ1v) is 7.32. The average Bonchev–Trinajstić information content (AvgIpc) is 2.86. The summed E-state index contributed by atoms with van der Waals surface area (Å²) < 4.78 is 0. The standard InChI is InChI=1S/C12H19N3S2/c1-8(2)10-11(12(13)16)17-9(14-10)7-15-5-3-4-6-15/h8H,3-7H2,1-2H3,(H2,13,16). The molecule has 0 aliphatic carbocycles. The Hall–Kier alpha value is -0.520. The molecule has 1 aromatic rings. The Morgan fingerprint density at radius 3 is 2.59 bits per heavy atom. The lowest BCUT2D eigenvalue weighted by atomic mass is 10.1. The SMILES string of the molecule is CC(C)c1nc(CN2CCCC2)sc1C(N)=S. The van der Waals surface area contributed by atoms with Gasteiger partial charge < -0.3 is 5.73 Å². The second-order valence-electron chi connectivity index (χ2n) is 4.82. The minimum atomic E-state index is 0.384. The number of thiazole rings is 1. The van der Waals surface area contributed by atoms with E-state index in [1.165, 1.54) is 25.9 Å². The van der Waals surface area contributed by atoms with Gasteiger partial charge in [-0.15, -0.1) is 11.3 Å². The molecule has 0 spiro atoms. The Labute approximate surface area is 112 Å². The Kier molecular flexibility index (Phi) is 4.12. The molecule has 2 rings (SSSR count). The van der Waals surface area contributed by atoms with Crippen molar-refractivity contribution in [3.63, 3.8) is 0 Å². The summed E-state index contributed by atoms with van der Waals surface area (Å²) in [5, 5.41) is 1.15. The highest BCUT2D eigenvalue weighted by atomic mass is 32.1. The van der Waals surface area contributed by atoms with Crippen LogP contribution in [0.4, 0.5) is 0 Å². The third-order valence-corrected chi connectivity index (χ3v) is 4.45. The minimum Gasteiger partial charge on any atom is -0.389 e. The van der Waals surface area contributed by atoms with Crippen LogP contribution in [-0.4, -0.2) is 28.0 Å². The van der Waals surface area contributed by atoms with Gasteiger partial charge in [0, 0.05) is 0 Å². The van der Waals surface area contributed by atoms with Gasteiger partial charge in [0.2, 0.25) is 0 Å². The zero-order valence-corrected chi connectivity index (χ0v) is 12.0. The van der Waals surface area contributed by atoms with Gasteiger partial charge in [-0.05, 0) is 31.8 Å². The van der Waals surface area contributed by atoms with E-state index in [1.54, 1.807) is 11.3 Å². The first-order valence-electron chi connectivity index (χ1n) is 6.09. The Bertz CT molecular complexity index is 406. The van der Waals surface area contributed by atoms with E-state index in [2.05, 4.69) is 18.7 Å². The number of aromatic nitrogens is 1. The fourth-order valence-electron chi connectivity index (χ4n) is 2.15. The number of likely N-dealkylation sites (tertiary alicyclic amines) is 1. The number of thiocarbonyl (C=S) groups is 1. The topological polar surface area (TPSA) is 42.2 Å². The molecule has 0 unspecified atom stereocenters. The van der Waals surface area contributed by atoms with Crippen molar-refractivity contribution in [2.24, 2.45) is 5.73 Å². The first-order chi connectivity index (χ1) is 8.08. The predicted molar refractivity (Wildman–Crippen MR) is 76.6 cm³/mol. The number of nitrogens with two attached hydrogens (primary N) is 1. The molecule has 0 atom stereocenters. The van der Waals surface area contributed by atoms with Gasteiger partial charge in [0.25, 0.3) is 0 Å². The number of rotatable bonds is 4. The van der Waals surface area contributed by atoms with Gasteiger partial charge in [-0.25, -0.2) is 4.98 Å². The molecular weight excluding hydrogens is 250 g/mol. The highest BCUT2D eigenvalue weighted by molar-refractivity contribution is 7.81.